The average molecular weight is 359 g/mol. The standard InChI is InChI=1S/C17H15ClN4OS/c18-14-7-5-12(6-8-14)9-19-16(23)15-4-2-1-3-13(15)10-24-17-20-11-21-22-17/h1-8,11H,9-10H2,(H,19,23)(H,20,21,22). The van der Waals surface area contributed by atoms with Crippen LogP contribution in [0.4, 0.5) is 0 Å². The summed E-state index contributed by atoms with van der Waals surface area (Å²) in [5.74, 6) is 0.540. The molecule has 0 aliphatic heterocycles. The Morgan fingerprint density at radius 1 is 1.17 bits per heavy atom. The molecule has 0 unspecified atom stereocenters. The topological polar surface area (TPSA) is 70.7 Å². The normalized spacial score (nSPS) is 10.5. The average Bonchev–Trinajstić information content (AvgIpc) is 3.13. The molecule has 7 heteroatoms. The number of carbonyl (C=O) groups is 1. The van der Waals surface area contributed by atoms with Crippen molar-refractivity contribution in [3.8, 4) is 0 Å². The minimum Gasteiger partial charge on any atom is -0.348 e. The number of hydrogen-bond acceptors (Lipinski definition) is 4. The maximum atomic E-state index is 12.5. The summed E-state index contributed by atoms with van der Waals surface area (Å²) >= 11 is 7.37. The summed E-state index contributed by atoms with van der Waals surface area (Å²) in [6.45, 7) is 0.458. The zero-order chi connectivity index (χ0) is 16.8. The van der Waals surface area contributed by atoms with E-state index in [4.69, 9.17) is 11.6 Å². The number of thioether (sulfide) groups is 1. The number of aromatic amines is 1. The summed E-state index contributed by atoms with van der Waals surface area (Å²) in [5, 5.41) is 11.0. The lowest BCUT2D eigenvalue weighted by molar-refractivity contribution is 0.0950. The Kier molecular flexibility index (Phi) is 5.51. The maximum absolute atomic E-state index is 12.5. The van der Waals surface area contributed by atoms with Crippen LogP contribution in [0.1, 0.15) is 21.5 Å². The van der Waals surface area contributed by atoms with Crippen LogP contribution in [0.2, 0.25) is 5.02 Å². The van der Waals surface area contributed by atoms with Crippen molar-refractivity contribution in [2.45, 2.75) is 17.5 Å². The van der Waals surface area contributed by atoms with Crippen LogP contribution in [0.3, 0.4) is 0 Å². The van der Waals surface area contributed by atoms with Crippen LogP contribution in [0.15, 0.2) is 60.0 Å². The number of nitrogens with zero attached hydrogens (tertiary/aromatic N) is 2. The maximum Gasteiger partial charge on any atom is 0.251 e. The number of carbonyl (C=O) groups excluding carboxylic acids is 1. The van der Waals surface area contributed by atoms with Crippen LogP contribution >= 0.6 is 23.4 Å². The molecule has 0 aliphatic rings. The zero-order valence-corrected chi connectivity index (χ0v) is 14.3. The Labute approximate surface area is 148 Å². The van der Waals surface area contributed by atoms with Crippen LogP contribution in [0.25, 0.3) is 0 Å². The summed E-state index contributed by atoms with van der Waals surface area (Å²) in [4.78, 5) is 16.6. The molecule has 2 N–H and O–H groups in total. The quantitative estimate of drug-likeness (QED) is 0.659. The van der Waals surface area contributed by atoms with Gasteiger partial charge in [0, 0.05) is 22.9 Å². The highest BCUT2D eigenvalue weighted by atomic mass is 35.5. The van der Waals surface area contributed by atoms with Gasteiger partial charge in [0.25, 0.3) is 5.91 Å². The molecule has 0 fully saturated rings. The van der Waals surface area contributed by atoms with Gasteiger partial charge in [-0.25, -0.2) is 4.98 Å². The third kappa shape index (κ3) is 4.37. The van der Waals surface area contributed by atoms with Gasteiger partial charge in [0.1, 0.15) is 6.33 Å². The molecule has 24 heavy (non-hydrogen) atoms. The van der Waals surface area contributed by atoms with Crippen molar-refractivity contribution in [3.05, 3.63) is 76.6 Å². The van der Waals surface area contributed by atoms with E-state index < -0.39 is 0 Å². The van der Waals surface area contributed by atoms with Crippen molar-refractivity contribution < 1.29 is 4.79 Å². The van der Waals surface area contributed by atoms with Gasteiger partial charge < -0.3 is 5.32 Å². The van der Waals surface area contributed by atoms with Gasteiger partial charge in [0.05, 0.1) is 0 Å². The Morgan fingerprint density at radius 3 is 2.71 bits per heavy atom. The smallest absolute Gasteiger partial charge is 0.251 e. The third-order valence-electron chi connectivity index (χ3n) is 3.39. The fourth-order valence-corrected chi connectivity index (χ4v) is 3.07. The van der Waals surface area contributed by atoms with Crippen molar-refractivity contribution in [2.24, 2.45) is 0 Å². The number of hydrogen-bond donors (Lipinski definition) is 2. The van der Waals surface area contributed by atoms with Gasteiger partial charge in [-0.15, -0.1) is 0 Å². The fourth-order valence-electron chi connectivity index (χ4n) is 2.16. The number of rotatable bonds is 6. The molecule has 3 rings (SSSR count). The van der Waals surface area contributed by atoms with Crippen molar-refractivity contribution in [2.75, 3.05) is 0 Å². The molecule has 0 spiro atoms. The highest BCUT2D eigenvalue weighted by molar-refractivity contribution is 7.98. The van der Waals surface area contributed by atoms with Crippen molar-refractivity contribution in [3.63, 3.8) is 0 Å². The van der Waals surface area contributed by atoms with E-state index in [-0.39, 0.29) is 5.91 Å². The first-order valence-electron chi connectivity index (χ1n) is 7.31. The summed E-state index contributed by atoms with van der Waals surface area (Å²) in [7, 11) is 0. The molecule has 1 heterocycles. The second-order valence-electron chi connectivity index (χ2n) is 5.05. The molecule has 1 aromatic heterocycles. The molecule has 0 saturated carbocycles. The van der Waals surface area contributed by atoms with E-state index >= 15 is 0 Å². The highest BCUT2D eigenvalue weighted by Crippen LogP contribution is 2.21. The van der Waals surface area contributed by atoms with Crippen LogP contribution in [-0.4, -0.2) is 21.1 Å². The fraction of sp³-hybridized carbons (Fsp3) is 0.118. The molecule has 0 bridgehead atoms. The molecule has 122 valence electrons. The summed E-state index contributed by atoms with van der Waals surface area (Å²) in [6, 6.07) is 15.0. The van der Waals surface area contributed by atoms with E-state index in [0.717, 1.165) is 16.3 Å². The van der Waals surface area contributed by atoms with Gasteiger partial charge in [-0.1, -0.05) is 53.7 Å². The third-order valence-corrected chi connectivity index (χ3v) is 4.56. The predicted octanol–water partition coefficient (Wildman–Crippen LogP) is 3.68. The monoisotopic (exact) mass is 358 g/mol. The first-order chi connectivity index (χ1) is 11.7. The van der Waals surface area contributed by atoms with Crippen molar-refractivity contribution in [1.29, 1.82) is 0 Å². The van der Waals surface area contributed by atoms with E-state index in [1.807, 2.05) is 48.5 Å². The van der Waals surface area contributed by atoms with Crippen LogP contribution in [0.5, 0.6) is 0 Å². The van der Waals surface area contributed by atoms with Crippen molar-refractivity contribution >= 4 is 29.3 Å². The van der Waals surface area contributed by atoms with Gasteiger partial charge in [0.15, 0.2) is 5.16 Å². The van der Waals surface area contributed by atoms with Gasteiger partial charge in [-0.2, -0.15) is 5.10 Å². The van der Waals surface area contributed by atoms with Crippen LogP contribution in [-0.2, 0) is 12.3 Å². The Balaban J connectivity index is 1.64. The second-order valence-corrected chi connectivity index (χ2v) is 6.45. The van der Waals surface area contributed by atoms with E-state index in [0.29, 0.717) is 22.9 Å². The Hall–Kier alpha value is -2.31. The van der Waals surface area contributed by atoms with Crippen molar-refractivity contribution in [1.82, 2.24) is 20.5 Å². The van der Waals surface area contributed by atoms with Gasteiger partial charge in [-0.05, 0) is 29.3 Å². The van der Waals surface area contributed by atoms with Gasteiger partial charge in [0.2, 0.25) is 0 Å². The second kappa shape index (κ2) is 7.99. The largest absolute Gasteiger partial charge is 0.348 e. The molecule has 0 radical (unpaired) electrons. The minimum atomic E-state index is -0.0984. The van der Waals surface area contributed by atoms with E-state index in [1.54, 1.807) is 0 Å². The number of H-pyrrole nitrogens is 1. The number of amides is 1. The van der Waals surface area contributed by atoms with Crippen LogP contribution < -0.4 is 5.32 Å². The summed E-state index contributed by atoms with van der Waals surface area (Å²) < 4.78 is 0. The zero-order valence-electron chi connectivity index (χ0n) is 12.7. The lowest BCUT2D eigenvalue weighted by Gasteiger charge is -2.10. The molecule has 1 amide bonds. The highest BCUT2D eigenvalue weighted by Gasteiger charge is 2.11. The number of halogens is 1. The molecular weight excluding hydrogens is 344 g/mol. The number of benzene rings is 2. The Morgan fingerprint density at radius 2 is 1.96 bits per heavy atom. The Bertz CT molecular complexity index is 806. The number of nitrogens with one attached hydrogen (secondary N) is 2. The van der Waals surface area contributed by atoms with Crippen LogP contribution in [0, 0.1) is 0 Å². The SMILES string of the molecule is O=C(NCc1ccc(Cl)cc1)c1ccccc1CSc1ncn[nH]1. The molecule has 0 atom stereocenters. The molecular formula is C17H15ClN4OS. The lowest BCUT2D eigenvalue weighted by atomic mass is 10.1. The number of aromatic nitrogens is 3. The predicted molar refractivity (Wildman–Crippen MR) is 95.0 cm³/mol. The lowest BCUT2D eigenvalue weighted by Crippen LogP contribution is -2.23. The molecule has 2 aromatic carbocycles. The molecule has 0 saturated heterocycles. The molecule has 0 aliphatic carbocycles. The first-order valence-corrected chi connectivity index (χ1v) is 8.67. The van der Waals surface area contributed by atoms with E-state index in [9.17, 15) is 4.79 Å². The molecule has 3 aromatic rings. The molecule has 5 nitrogen and oxygen atoms in total. The van der Waals surface area contributed by atoms with E-state index in [2.05, 4.69) is 20.5 Å². The minimum absolute atomic E-state index is 0.0984. The first kappa shape index (κ1) is 16.5. The van der Waals surface area contributed by atoms with Gasteiger partial charge >= 0.3 is 0 Å². The van der Waals surface area contributed by atoms with E-state index in [1.165, 1.54) is 18.1 Å². The summed E-state index contributed by atoms with van der Waals surface area (Å²) in [6.07, 6.45) is 1.47. The summed E-state index contributed by atoms with van der Waals surface area (Å²) in [5.41, 5.74) is 2.62. The van der Waals surface area contributed by atoms with Gasteiger partial charge in [-0.3, -0.25) is 9.89 Å².